The third-order valence-corrected chi connectivity index (χ3v) is 3.38. The van der Waals surface area contributed by atoms with Crippen molar-refractivity contribution in [2.24, 2.45) is 5.73 Å². The SMILES string of the molecule is COCC(N)C1(OC)CCCCCC1. The van der Waals surface area contributed by atoms with E-state index in [2.05, 4.69) is 0 Å². The monoisotopic (exact) mass is 201 g/mol. The summed E-state index contributed by atoms with van der Waals surface area (Å²) in [6.45, 7) is 0.591. The molecule has 2 N–H and O–H groups in total. The van der Waals surface area contributed by atoms with Gasteiger partial charge < -0.3 is 15.2 Å². The van der Waals surface area contributed by atoms with Crippen molar-refractivity contribution >= 4 is 0 Å². The molecule has 84 valence electrons. The first-order chi connectivity index (χ1) is 6.75. The van der Waals surface area contributed by atoms with Gasteiger partial charge in [-0.1, -0.05) is 25.7 Å². The van der Waals surface area contributed by atoms with E-state index < -0.39 is 0 Å². The second kappa shape index (κ2) is 5.69. The fourth-order valence-corrected chi connectivity index (χ4v) is 2.38. The Morgan fingerprint density at radius 1 is 1.14 bits per heavy atom. The van der Waals surface area contributed by atoms with Gasteiger partial charge in [-0.15, -0.1) is 0 Å². The van der Waals surface area contributed by atoms with Gasteiger partial charge in [0.1, 0.15) is 0 Å². The van der Waals surface area contributed by atoms with Gasteiger partial charge in [0, 0.05) is 14.2 Å². The van der Waals surface area contributed by atoms with Crippen LogP contribution in [0, 0.1) is 0 Å². The molecule has 1 fully saturated rings. The Bertz CT molecular complexity index is 153. The summed E-state index contributed by atoms with van der Waals surface area (Å²) < 4.78 is 10.8. The Morgan fingerprint density at radius 2 is 1.71 bits per heavy atom. The fraction of sp³-hybridized carbons (Fsp3) is 1.00. The molecule has 0 spiro atoms. The molecule has 0 radical (unpaired) electrons. The summed E-state index contributed by atoms with van der Waals surface area (Å²) in [5.41, 5.74) is 5.99. The van der Waals surface area contributed by atoms with Crippen LogP contribution in [0.2, 0.25) is 0 Å². The molecule has 1 aliphatic rings. The van der Waals surface area contributed by atoms with E-state index in [-0.39, 0.29) is 11.6 Å². The normalized spacial score (nSPS) is 24.2. The average Bonchev–Trinajstić information content (AvgIpc) is 2.44. The Kier molecular flexibility index (Phi) is 4.85. The maximum absolute atomic E-state index is 6.12. The summed E-state index contributed by atoms with van der Waals surface area (Å²) in [5.74, 6) is 0. The molecule has 14 heavy (non-hydrogen) atoms. The first-order valence-corrected chi connectivity index (χ1v) is 5.55. The molecule has 0 bridgehead atoms. The lowest BCUT2D eigenvalue weighted by atomic mass is 9.87. The molecular weight excluding hydrogens is 178 g/mol. The van der Waals surface area contributed by atoms with Crippen LogP contribution in [-0.2, 0) is 9.47 Å². The highest BCUT2D eigenvalue weighted by atomic mass is 16.5. The largest absolute Gasteiger partial charge is 0.383 e. The zero-order valence-corrected chi connectivity index (χ0v) is 9.42. The van der Waals surface area contributed by atoms with Crippen LogP contribution in [0.25, 0.3) is 0 Å². The second-order valence-electron chi connectivity index (χ2n) is 4.24. The van der Waals surface area contributed by atoms with Crippen molar-refractivity contribution < 1.29 is 9.47 Å². The Balaban J connectivity index is 2.61. The summed E-state index contributed by atoms with van der Waals surface area (Å²) >= 11 is 0. The molecule has 1 saturated carbocycles. The van der Waals surface area contributed by atoms with E-state index in [1.54, 1.807) is 14.2 Å². The summed E-state index contributed by atoms with van der Waals surface area (Å²) in [5, 5.41) is 0. The summed E-state index contributed by atoms with van der Waals surface area (Å²) in [7, 11) is 3.47. The van der Waals surface area contributed by atoms with Gasteiger partial charge in [-0.2, -0.15) is 0 Å². The van der Waals surface area contributed by atoms with Gasteiger partial charge >= 0.3 is 0 Å². The predicted molar refractivity (Wildman–Crippen MR) is 57.3 cm³/mol. The number of hydrogen-bond acceptors (Lipinski definition) is 3. The van der Waals surface area contributed by atoms with E-state index in [4.69, 9.17) is 15.2 Å². The zero-order chi connectivity index (χ0) is 10.4. The maximum Gasteiger partial charge on any atom is 0.0851 e. The molecule has 1 atom stereocenters. The molecular formula is C11H23NO2. The minimum atomic E-state index is -0.132. The Hall–Kier alpha value is -0.120. The smallest absolute Gasteiger partial charge is 0.0851 e. The van der Waals surface area contributed by atoms with Crippen LogP contribution in [0.5, 0.6) is 0 Å². The van der Waals surface area contributed by atoms with E-state index in [1.807, 2.05) is 0 Å². The maximum atomic E-state index is 6.12. The topological polar surface area (TPSA) is 44.5 Å². The molecule has 0 saturated heterocycles. The molecule has 0 aromatic heterocycles. The molecule has 1 rings (SSSR count). The summed E-state index contributed by atoms with van der Waals surface area (Å²) in [6.07, 6.45) is 7.23. The van der Waals surface area contributed by atoms with Crippen molar-refractivity contribution in [3.63, 3.8) is 0 Å². The molecule has 0 aliphatic heterocycles. The molecule has 0 aromatic carbocycles. The fourth-order valence-electron chi connectivity index (χ4n) is 2.38. The molecule has 0 heterocycles. The van der Waals surface area contributed by atoms with Gasteiger partial charge in [-0.3, -0.25) is 0 Å². The van der Waals surface area contributed by atoms with E-state index >= 15 is 0 Å². The van der Waals surface area contributed by atoms with Crippen LogP contribution in [0.4, 0.5) is 0 Å². The van der Waals surface area contributed by atoms with Gasteiger partial charge in [0.05, 0.1) is 18.2 Å². The zero-order valence-electron chi connectivity index (χ0n) is 9.42. The Morgan fingerprint density at radius 3 is 2.14 bits per heavy atom. The van der Waals surface area contributed by atoms with Crippen LogP contribution in [0.15, 0.2) is 0 Å². The van der Waals surface area contributed by atoms with Crippen LogP contribution in [-0.4, -0.2) is 32.5 Å². The van der Waals surface area contributed by atoms with Crippen LogP contribution in [0.1, 0.15) is 38.5 Å². The van der Waals surface area contributed by atoms with E-state index in [1.165, 1.54) is 25.7 Å². The van der Waals surface area contributed by atoms with Crippen molar-refractivity contribution in [1.82, 2.24) is 0 Å². The van der Waals surface area contributed by atoms with Gasteiger partial charge in [-0.25, -0.2) is 0 Å². The molecule has 1 unspecified atom stereocenters. The lowest BCUT2D eigenvalue weighted by molar-refractivity contribution is -0.0589. The number of rotatable bonds is 4. The number of methoxy groups -OCH3 is 2. The summed E-state index contributed by atoms with van der Waals surface area (Å²) in [6, 6.07) is 0.00981. The van der Waals surface area contributed by atoms with Gasteiger partial charge in [-0.05, 0) is 12.8 Å². The average molecular weight is 201 g/mol. The standard InChI is InChI=1S/C11H23NO2/c1-13-9-10(12)11(14-2)7-5-3-4-6-8-11/h10H,3-9,12H2,1-2H3. The number of ether oxygens (including phenoxy) is 2. The molecule has 0 amide bonds. The minimum absolute atomic E-state index is 0.00981. The summed E-state index contributed by atoms with van der Waals surface area (Å²) in [4.78, 5) is 0. The van der Waals surface area contributed by atoms with Gasteiger partial charge in [0.25, 0.3) is 0 Å². The minimum Gasteiger partial charge on any atom is -0.383 e. The van der Waals surface area contributed by atoms with Crippen LogP contribution < -0.4 is 5.73 Å². The van der Waals surface area contributed by atoms with E-state index in [0.29, 0.717) is 6.61 Å². The van der Waals surface area contributed by atoms with Gasteiger partial charge in [0.2, 0.25) is 0 Å². The van der Waals surface area contributed by atoms with Crippen LogP contribution in [0.3, 0.4) is 0 Å². The molecule has 3 heteroatoms. The Labute approximate surface area is 86.9 Å². The molecule has 3 nitrogen and oxygen atoms in total. The number of hydrogen-bond donors (Lipinski definition) is 1. The lowest BCUT2D eigenvalue weighted by Gasteiger charge is -2.36. The third kappa shape index (κ3) is 2.69. The van der Waals surface area contributed by atoms with E-state index in [9.17, 15) is 0 Å². The van der Waals surface area contributed by atoms with Crippen molar-refractivity contribution in [3.05, 3.63) is 0 Å². The van der Waals surface area contributed by atoms with Crippen molar-refractivity contribution in [3.8, 4) is 0 Å². The second-order valence-corrected chi connectivity index (χ2v) is 4.24. The van der Waals surface area contributed by atoms with Crippen LogP contribution >= 0.6 is 0 Å². The number of nitrogens with two attached hydrogens (primary N) is 1. The van der Waals surface area contributed by atoms with Gasteiger partial charge in [0.15, 0.2) is 0 Å². The highest BCUT2D eigenvalue weighted by Crippen LogP contribution is 2.32. The van der Waals surface area contributed by atoms with E-state index in [0.717, 1.165) is 12.8 Å². The van der Waals surface area contributed by atoms with Crippen molar-refractivity contribution in [2.45, 2.75) is 50.2 Å². The predicted octanol–water partition coefficient (Wildman–Crippen LogP) is 1.70. The lowest BCUT2D eigenvalue weighted by Crippen LogP contribution is -2.51. The highest BCUT2D eigenvalue weighted by molar-refractivity contribution is 4.92. The molecule has 0 aromatic rings. The third-order valence-electron chi connectivity index (χ3n) is 3.38. The first kappa shape index (κ1) is 12.0. The van der Waals surface area contributed by atoms with Crippen molar-refractivity contribution in [2.75, 3.05) is 20.8 Å². The highest BCUT2D eigenvalue weighted by Gasteiger charge is 2.36. The first-order valence-electron chi connectivity index (χ1n) is 5.55. The molecule has 1 aliphatic carbocycles. The van der Waals surface area contributed by atoms with Crippen molar-refractivity contribution in [1.29, 1.82) is 0 Å². The quantitative estimate of drug-likeness (QED) is 0.704.